The van der Waals surface area contributed by atoms with E-state index in [1.54, 1.807) is 0 Å². The van der Waals surface area contributed by atoms with E-state index >= 15 is 0 Å². The van der Waals surface area contributed by atoms with Crippen LogP contribution in [0.2, 0.25) is 0 Å². The molecule has 0 aromatic heterocycles. The van der Waals surface area contributed by atoms with E-state index in [0.717, 1.165) is 32.6 Å². The highest BCUT2D eigenvalue weighted by atomic mass is 16.6. The molecule has 1 fully saturated rings. The van der Waals surface area contributed by atoms with Crippen molar-refractivity contribution in [2.24, 2.45) is 11.3 Å². The van der Waals surface area contributed by atoms with Crippen LogP contribution in [0.3, 0.4) is 0 Å². The van der Waals surface area contributed by atoms with Crippen LogP contribution in [0.25, 0.3) is 0 Å². The second-order valence-corrected chi connectivity index (χ2v) is 8.10. The molecule has 0 radical (unpaired) electrons. The summed E-state index contributed by atoms with van der Waals surface area (Å²) in [6, 6.07) is 0. The van der Waals surface area contributed by atoms with E-state index in [4.69, 9.17) is 4.74 Å². The van der Waals surface area contributed by atoms with Crippen molar-refractivity contribution < 1.29 is 9.53 Å². The largest absolute Gasteiger partial charge is 0.444 e. The Hall–Kier alpha value is -0.770. The highest BCUT2D eigenvalue weighted by Crippen LogP contribution is 2.20. The maximum atomic E-state index is 12.0. The van der Waals surface area contributed by atoms with Gasteiger partial charge in [0.25, 0.3) is 0 Å². The van der Waals surface area contributed by atoms with Crippen LogP contribution in [0.1, 0.15) is 54.4 Å². The molecule has 1 atom stereocenters. The van der Waals surface area contributed by atoms with Crippen LogP contribution in [0, 0.1) is 11.3 Å². The number of nitrogens with one attached hydrogen (secondary N) is 1. The first-order valence-electron chi connectivity index (χ1n) is 7.75. The average Bonchev–Trinajstić information content (AvgIpc) is 2.69. The van der Waals surface area contributed by atoms with Crippen LogP contribution in [0.5, 0.6) is 0 Å². The molecular weight excluding hydrogens is 252 g/mol. The number of amides is 1. The third-order valence-corrected chi connectivity index (χ3v) is 3.42. The maximum Gasteiger partial charge on any atom is 0.410 e. The second-order valence-electron chi connectivity index (χ2n) is 8.10. The van der Waals surface area contributed by atoms with Crippen LogP contribution in [0.15, 0.2) is 0 Å². The van der Waals surface area contributed by atoms with Crippen molar-refractivity contribution in [1.29, 1.82) is 0 Å². The van der Waals surface area contributed by atoms with Gasteiger partial charge < -0.3 is 15.0 Å². The van der Waals surface area contributed by atoms with Gasteiger partial charge in [0.15, 0.2) is 0 Å². The monoisotopic (exact) mass is 284 g/mol. The molecule has 1 amide bonds. The highest BCUT2D eigenvalue weighted by Gasteiger charge is 2.29. The first-order chi connectivity index (χ1) is 9.07. The summed E-state index contributed by atoms with van der Waals surface area (Å²) >= 11 is 0. The normalized spacial score (nSPS) is 20.3. The number of hydrogen-bond acceptors (Lipinski definition) is 3. The molecule has 0 saturated carbocycles. The summed E-state index contributed by atoms with van der Waals surface area (Å²) in [5.41, 5.74) is -0.0225. The Morgan fingerprint density at radius 1 is 1.25 bits per heavy atom. The molecule has 4 heteroatoms. The van der Waals surface area contributed by atoms with Gasteiger partial charge in [-0.2, -0.15) is 0 Å². The fourth-order valence-corrected chi connectivity index (χ4v) is 2.26. The molecule has 0 aromatic rings. The van der Waals surface area contributed by atoms with Crippen LogP contribution < -0.4 is 5.32 Å². The molecule has 118 valence electrons. The molecule has 0 aromatic carbocycles. The molecule has 0 spiro atoms. The van der Waals surface area contributed by atoms with Gasteiger partial charge in [-0.1, -0.05) is 20.8 Å². The molecule has 1 saturated heterocycles. The number of ether oxygens (including phenoxy) is 1. The SMILES string of the molecule is CC(C)(C)CCNCC1CCN(C(=O)OC(C)(C)C)C1. The van der Waals surface area contributed by atoms with Gasteiger partial charge in [0.1, 0.15) is 5.60 Å². The number of nitrogens with zero attached hydrogens (tertiary/aromatic N) is 1. The Kier molecular flexibility index (Phi) is 5.87. The lowest BCUT2D eigenvalue weighted by Crippen LogP contribution is -2.36. The molecular formula is C16H32N2O2. The van der Waals surface area contributed by atoms with Crippen molar-refractivity contribution in [2.45, 2.75) is 60.0 Å². The van der Waals surface area contributed by atoms with Gasteiger partial charge in [-0.05, 0) is 58.0 Å². The van der Waals surface area contributed by atoms with Gasteiger partial charge in [0, 0.05) is 13.1 Å². The van der Waals surface area contributed by atoms with E-state index in [2.05, 4.69) is 26.1 Å². The zero-order valence-electron chi connectivity index (χ0n) is 14.1. The molecule has 1 aliphatic rings. The van der Waals surface area contributed by atoms with Crippen LogP contribution in [0.4, 0.5) is 4.79 Å². The quantitative estimate of drug-likeness (QED) is 0.806. The average molecular weight is 284 g/mol. The third-order valence-electron chi connectivity index (χ3n) is 3.42. The Balaban J connectivity index is 2.22. The smallest absolute Gasteiger partial charge is 0.410 e. The summed E-state index contributed by atoms with van der Waals surface area (Å²) < 4.78 is 5.41. The first-order valence-corrected chi connectivity index (χ1v) is 7.75. The summed E-state index contributed by atoms with van der Waals surface area (Å²) in [6.07, 6.45) is 2.08. The van der Waals surface area contributed by atoms with Crippen molar-refractivity contribution in [1.82, 2.24) is 10.2 Å². The zero-order chi connectivity index (χ0) is 15.4. The van der Waals surface area contributed by atoms with E-state index in [1.165, 1.54) is 6.42 Å². The lowest BCUT2D eigenvalue weighted by molar-refractivity contribution is 0.0288. The van der Waals surface area contributed by atoms with E-state index in [9.17, 15) is 4.79 Å². The van der Waals surface area contributed by atoms with E-state index in [1.807, 2.05) is 25.7 Å². The zero-order valence-corrected chi connectivity index (χ0v) is 14.1. The van der Waals surface area contributed by atoms with Gasteiger partial charge >= 0.3 is 6.09 Å². The van der Waals surface area contributed by atoms with Crippen LogP contribution >= 0.6 is 0 Å². The molecule has 20 heavy (non-hydrogen) atoms. The van der Waals surface area contributed by atoms with Gasteiger partial charge in [-0.25, -0.2) is 4.79 Å². The van der Waals surface area contributed by atoms with Crippen molar-refractivity contribution in [3.63, 3.8) is 0 Å². The molecule has 0 aliphatic carbocycles. The standard InChI is InChI=1S/C16H32N2O2/c1-15(2,3)8-9-17-11-13-7-10-18(12-13)14(19)20-16(4,5)6/h13,17H,7-12H2,1-6H3. The highest BCUT2D eigenvalue weighted by molar-refractivity contribution is 5.68. The van der Waals surface area contributed by atoms with Crippen molar-refractivity contribution >= 4 is 6.09 Å². The Morgan fingerprint density at radius 3 is 2.45 bits per heavy atom. The summed E-state index contributed by atoms with van der Waals surface area (Å²) in [4.78, 5) is 13.8. The van der Waals surface area contributed by atoms with Gasteiger partial charge in [0.2, 0.25) is 0 Å². The molecule has 1 heterocycles. The summed E-state index contributed by atoms with van der Waals surface area (Å²) in [5, 5.41) is 3.51. The van der Waals surface area contributed by atoms with Gasteiger partial charge in [-0.15, -0.1) is 0 Å². The van der Waals surface area contributed by atoms with Gasteiger partial charge in [0.05, 0.1) is 0 Å². The Labute approximate surface area is 124 Å². The third kappa shape index (κ3) is 7.13. The van der Waals surface area contributed by atoms with Crippen molar-refractivity contribution in [2.75, 3.05) is 26.2 Å². The summed E-state index contributed by atoms with van der Waals surface area (Å²) in [7, 11) is 0. The minimum atomic E-state index is -0.403. The fraction of sp³-hybridized carbons (Fsp3) is 0.938. The molecule has 1 unspecified atom stereocenters. The summed E-state index contributed by atoms with van der Waals surface area (Å²) in [5.74, 6) is 0.558. The molecule has 1 N–H and O–H groups in total. The van der Waals surface area contributed by atoms with E-state index in [-0.39, 0.29) is 6.09 Å². The number of likely N-dealkylation sites (tertiary alicyclic amines) is 1. The lowest BCUT2D eigenvalue weighted by Gasteiger charge is -2.24. The van der Waals surface area contributed by atoms with E-state index in [0.29, 0.717) is 11.3 Å². The minimum absolute atomic E-state index is 0.172. The molecule has 0 bridgehead atoms. The molecule has 1 aliphatic heterocycles. The molecule has 4 nitrogen and oxygen atoms in total. The van der Waals surface area contributed by atoms with Crippen LogP contribution in [-0.4, -0.2) is 42.8 Å². The number of carbonyl (C=O) groups excluding carboxylic acids is 1. The minimum Gasteiger partial charge on any atom is -0.444 e. The van der Waals surface area contributed by atoms with E-state index < -0.39 is 5.60 Å². The van der Waals surface area contributed by atoms with Crippen molar-refractivity contribution in [3.05, 3.63) is 0 Å². The predicted octanol–water partition coefficient (Wildman–Crippen LogP) is 3.27. The lowest BCUT2D eigenvalue weighted by atomic mass is 9.92. The first kappa shape index (κ1) is 17.3. The maximum absolute atomic E-state index is 12.0. The topological polar surface area (TPSA) is 41.6 Å². The fourth-order valence-electron chi connectivity index (χ4n) is 2.26. The number of hydrogen-bond donors (Lipinski definition) is 1. The number of carbonyl (C=O) groups is 1. The van der Waals surface area contributed by atoms with Crippen molar-refractivity contribution in [3.8, 4) is 0 Å². The molecule has 1 rings (SSSR count). The summed E-state index contributed by atoms with van der Waals surface area (Å²) in [6.45, 7) is 16.2. The predicted molar refractivity (Wildman–Crippen MR) is 82.9 cm³/mol. The van der Waals surface area contributed by atoms with Gasteiger partial charge in [-0.3, -0.25) is 0 Å². The Morgan fingerprint density at radius 2 is 1.90 bits per heavy atom. The number of rotatable bonds is 4. The Bertz CT molecular complexity index is 315. The van der Waals surface area contributed by atoms with Crippen LogP contribution in [-0.2, 0) is 4.74 Å². The second kappa shape index (κ2) is 6.79.